The quantitative estimate of drug-likeness (QED) is 0.717. The highest BCUT2D eigenvalue weighted by Gasteiger charge is 2.31. The normalized spacial score (nSPS) is 18.4. The maximum Gasteiger partial charge on any atom is 0.256 e. The van der Waals surface area contributed by atoms with Crippen LogP contribution in [0.1, 0.15) is 41.9 Å². The van der Waals surface area contributed by atoms with E-state index in [2.05, 4.69) is 48.0 Å². The monoisotopic (exact) mass is 363 g/mol. The summed E-state index contributed by atoms with van der Waals surface area (Å²) in [6.07, 6.45) is 3.48. The largest absolute Gasteiger partial charge is 0.329 e. The zero-order chi connectivity index (χ0) is 19.0. The van der Waals surface area contributed by atoms with E-state index in [0.29, 0.717) is 12.1 Å². The van der Waals surface area contributed by atoms with E-state index in [9.17, 15) is 4.79 Å². The lowest BCUT2D eigenvalue weighted by Gasteiger charge is -2.40. The molecule has 1 aliphatic rings. The van der Waals surface area contributed by atoms with Gasteiger partial charge in [0.15, 0.2) is 5.65 Å². The molecule has 1 saturated heterocycles. The summed E-state index contributed by atoms with van der Waals surface area (Å²) >= 11 is 0. The molecular weight excluding hydrogens is 338 g/mol. The van der Waals surface area contributed by atoms with E-state index in [0.717, 1.165) is 24.1 Å². The van der Waals surface area contributed by atoms with Crippen LogP contribution < -0.4 is 0 Å². The number of piperazine rings is 1. The van der Waals surface area contributed by atoms with Gasteiger partial charge in [0.25, 0.3) is 5.91 Å². The molecule has 0 N–H and O–H groups in total. The lowest BCUT2D eigenvalue weighted by Crippen LogP contribution is -2.49. The molecule has 140 valence electrons. The first-order valence-electron chi connectivity index (χ1n) is 9.42. The minimum atomic E-state index is 0.0312. The molecule has 4 rings (SSSR count). The highest BCUT2D eigenvalue weighted by molar-refractivity contribution is 5.97. The third-order valence-electron chi connectivity index (χ3n) is 5.20. The maximum absolute atomic E-state index is 13.3. The highest BCUT2D eigenvalue weighted by atomic mass is 16.2. The number of rotatable bonds is 3. The molecule has 1 unspecified atom stereocenters. The van der Waals surface area contributed by atoms with Gasteiger partial charge < -0.3 is 9.80 Å². The second kappa shape index (κ2) is 7.12. The summed E-state index contributed by atoms with van der Waals surface area (Å²) in [4.78, 5) is 22.1. The van der Waals surface area contributed by atoms with Crippen LogP contribution in [0.3, 0.4) is 0 Å². The van der Waals surface area contributed by atoms with Crippen molar-refractivity contribution in [3.05, 3.63) is 59.9 Å². The number of hydrogen-bond donors (Lipinski definition) is 0. The van der Waals surface area contributed by atoms with Crippen LogP contribution in [0.15, 0.2) is 48.8 Å². The molecule has 1 amide bonds. The van der Waals surface area contributed by atoms with Crippen molar-refractivity contribution in [3.63, 3.8) is 0 Å². The zero-order valence-electron chi connectivity index (χ0n) is 16.0. The summed E-state index contributed by atoms with van der Waals surface area (Å²) in [6, 6.07) is 12.4. The topological polar surface area (TPSA) is 54.3 Å². The maximum atomic E-state index is 13.3. The Morgan fingerprint density at radius 2 is 1.93 bits per heavy atom. The van der Waals surface area contributed by atoms with Crippen LogP contribution in [-0.2, 0) is 0 Å². The number of benzene rings is 1. The van der Waals surface area contributed by atoms with E-state index in [1.807, 2.05) is 33.8 Å². The lowest BCUT2D eigenvalue weighted by atomic mass is 10.0. The molecule has 6 nitrogen and oxygen atoms in total. The third-order valence-corrected chi connectivity index (χ3v) is 5.20. The smallest absolute Gasteiger partial charge is 0.256 e. The predicted molar refractivity (Wildman–Crippen MR) is 106 cm³/mol. The van der Waals surface area contributed by atoms with Crippen molar-refractivity contribution < 1.29 is 4.79 Å². The second-order valence-electron chi connectivity index (χ2n) is 7.51. The number of hydrogen-bond acceptors (Lipinski definition) is 4. The molecule has 0 spiro atoms. The van der Waals surface area contributed by atoms with Gasteiger partial charge in [0.05, 0.1) is 17.8 Å². The van der Waals surface area contributed by atoms with Crippen molar-refractivity contribution in [3.8, 4) is 0 Å². The third kappa shape index (κ3) is 3.32. The van der Waals surface area contributed by atoms with Crippen LogP contribution in [0.5, 0.6) is 0 Å². The van der Waals surface area contributed by atoms with E-state index in [-0.39, 0.29) is 18.0 Å². The minimum Gasteiger partial charge on any atom is -0.329 e. The summed E-state index contributed by atoms with van der Waals surface area (Å²) in [5.74, 6) is 0.0312. The summed E-state index contributed by atoms with van der Waals surface area (Å²) in [6.45, 7) is 6.55. The van der Waals surface area contributed by atoms with Crippen LogP contribution in [0, 0.1) is 0 Å². The Morgan fingerprint density at radius 1 is 1.15 bits per heavy atom. The van der Waals surface area contributed by atoms with Crippen LogP contribution in [0.25, 0.3) is 11.0 Å². The van der Waals surface area contributed by atoms with E-state index >= 15 is 0 Å². The highest BCUT2D eigenvalue weighted by Crippen LogP contribution is 2.27. The number of pyridine rings is 1. The molecule has 1 aromatic carbocycles. The van der Waals surface area contributed by atoms with E-state index in [1.54, 1.807) is 12.4 Å². The number of amides is 1. The van der Waals surface area contributed by atoms with Crippen molar-refractivity contribution >= 4 is 16.9 Å². The van der Waals surface area contributed by atoms with Crippen molar-refractivity contribution in [1.29, 1.82) is 0 Å². The molecule has 6 heteroatoms. The Balaban J connectivity index is 1.67. The van der Waals surface area contributed by atoms with Crippen molar-refractivity contribution in [2.24, 2.45) is 0 Å². The van der Waals surface area contributed by atoms with Crippen LogP contribution in [-0.4, -0.2) is 57.2 Å². The van der Waals surface area contributed by atoms with Gasteiger partial charge in [0.1, 0.15) is 0 Å². The summed E-state index contributed by atoms with van der Waals surface area (Å²) in [5.41, 5.74) is 2.61. The Bertz CT molecular complexity index is 950. The average Bonchev–Trinajstić information content (AvgIpc) is 3.11. The number of aromatic nitrogens is 3. The molecule has 0 aliphatic carbocycles. The predicted octanol–water partition coefficient (Wildman–Crippen LogP) is 3.14. The Kier molecular flexibility index (Phi) is 4.66. The van der Waals surface area contributed by atoms with Gasteiger partial charge in [-0.05, 0) is 32.5 Å². The summed E-state index contributed by atoms with van der Waals surface area (Å²) in [5, 5.41) is 5.31. The lowest BCUT2D eigenvalue weighted by molar-refractivity contribution is 0.0498. The molecular formula is C21H25N5O. The summed E-state index contributed by atoms with van der Waals surface area (Å²) < 4.78 is 1.88. The second-order valence-corrected chi connectivity index (χ2v) is 7.51. The minimum absolute atomic E-state index is 0.0312. The number of fused-ring (bicyclic) bond motifs is 1. The van der Waals surface area contributed by atoms with E-state index in [4.69, 9.17) is 0 Å². The van der Waals surface area contributed by atoms with Crippen LogP contribution in [0.4, 0.5) is 0 Å². The van der Waals surface area contributed by atoms with E-state index in [1.165, 1.54) is 5.56 Å². The molecule has 27 heavy (non-hydrogen) atoms. The standard InChI is InChI=1S/C21H25N5O/c1-15(2)26-20-17(13-23-26)11-18(12-22-20)21(27)25-10-9-24(3)14-19(25)16-7-5-4-6-8-16/h4-8,11-13,15,19H,9-10,14H2,1-3H3. The fourth-order valence-corrected chi connectivity index (χ4v) is 3.72. The van der Waals surface area contributed by atoms with Gasteiger partial charge in [-0.2, -0.15) is 5.10 Å². The molecule has 0 bridgehead atoms. The number of nitrogens with zero attached hydrogens (tertiary/aromatic N) is 5. The Labute approximate surface area is 159 Å². The molecule has 1 aliphatic heterocycles. The average molecular weight is 363 g/mol. The number of carbonyl (C=O) groups is 1. The molecule has 2 aromatic heterocycles. The van der Waals surface area contributed by atoms with Crippen molar-refractivity contribution in [1.82, 2.24) is 24.6 Å². The number of carbonyl (C=O) groups excluding carboxylic acids is 1. The van der Waals surface area contributed by atoms with Crippen LogP contribution >= 0.6 is 0 Å². The first kappa shape index (κ1) is 17.7. The first-order chi connectivity index (χ1) is 13.0. The van der Waals surface area contributed by atoms with Gasteiger partial charge >= 0.3 is 0 Å². The Morgan fingerprint density at radius 3 is 2.67 bits per heavy atom. The van der Waals surface area contributed by atoms with Gasteiger partial charge in [0.2, 0.25) is 0 Å². The van der Waals surface area contributed by atoms with Gasteiger partial charge in [-0.3, -0.25) is 4.79 Å². The molecule has 1 fully saturated rings. The number of likely N-dealkylation sites (N-methyl/N-ethyl adjacent to an activating group) is 1. The van der Waals surface area contributed by atoms with Gasteiger partial charge in [0, 0.05) is 37.3 Å². The summed E-state index contributed by atoms with van der Waals surface area (Å²) in [7, 11) is 2.10. The Hall–Kier alpha value is -2.73. The van der Waals surface area contributed by atoms with Gasteiger partial charge in [-0.1, -0.05) is 30.3 Å². The van der Waals surface area contributed by atoms with E-state index < -0.39 is 0 Å². The molecule has 3 aromatic rings. The molecule has 0 radical (unpaired) electrons. The van der Waals surface area contributed by atoms with Crippen molar-refractivity contribution in [2.75, 3.05) is 26.7 Å². The SMILES string of the molecule is CC(C)n1ncc2cc(C(=O)N3CCN(C)CC3c3ccccc3)cnc21. The fourth-order valence-electron chi connectivity index (χ4n) is 3.72. The molecule has 0 saturated carbocycles. The van der Waals surface area contributed by atoms with Gasteiger partial charge in [-0.15, -0.1) is 0 Å². The molecule has 1 atom stereocenters. The van der Waals surface area contributed by atoms with Crippen molar-refractivity contribution in [2.45, 2.75) is 25.9 Å². The zero-order valence-corrected chi connectivity index (χ0v) is 16.0. The molecule has 3 heterocycles. The van der Waals surface area contributed by atoms with Crippen LogP contribution in [0.2, 0.25) is 0 Å². The first-order valence-corrected chi connectivity index (χ1v) is 9.42. The fraction of sp³-hybridized carbons (Fsp3) is 0.381. The van der Waals surface area contributed by atoms with Gasteiger partial charge in [-0.25, -0.2) is 9.67 Å².